The average Bonchev–Trinajstić information content (AvgIpc) is 2.67. The largest absolute Gasteiger partial charge is 0.497 e. The molecule has 0 bridgehead atoms. The Morgan fingerprint density at radius 3 is 2.39 bits per heavy atom. The molecule has 4 heteroatoms. The molecule has 4 rings (SSSR count). The van der Waals surface area contributed by atoms with Crippen LogP contribution < -0.4 is 9.47 Å². The molecule has 0 saturated heterocycles. The fourth-order valence-corrected chi connectivity index (χ4v) is 4.19. The Balaban J connectivity index is 0.00000140. The van der Waals surface area contributed by atoms with Crippen molar-refractivity contribution in [2.45, 2.75) is 26.3 Å². The summed E-state index contributed by atoms with van der Waals surface area (Å²) >= 11 is 0. The molecule has 1 atom stereocenters. The minimum absolute atomic E-state index is 0. The molecule has 0 saturated carbocycles. The first-order valence-corrected chi connectivity index (χ1v) is 9.00. The van der Waals surface area contributed by atoms with Gasteiger partial charge in [0.2, 0.25) is 5.69 Å². The normalized spacial score (nSPS) is 15.4. The van der Waals surface area contributed by atoms with Crippen molar-refractivity contribution in [2.75, 3.05) is 14.2 Å². The molecule has 146 valence electrons. The van der Waals surface area contributed by atoms with Crippen LogP contribution in [0.15, 0.2) is 54.6 Å². The number of hydrogen-bond acceptors (Lipinski definition) is 2. The predicted molar refractivity (Wildman–Crippen MR) is 123 cm³/mol. The predicted octanol–water partition coefficient (Wildman–Crippen LogP) is 5.52. The van der Waals surface area contributed by atoms with Gasteiger partial charge in [-0.15, -0.1) is 0 Å². The summed E-state index contributed by atoms with van der Waals surface area (Å²) in [5.74, 6) is 1.72. The number of ether oxygens (including phenoxy) is 2. The van der Waals surface area contributed by atoms with Crippen molar-refractivity contribution in [3.63, 3.8) is 0 Å². The number of hydrogen-bond donors (Lipinski definition) is 0. The van der Waals surface area contributed by atoms with E-state index in [1.807, 2.05) is 6.07 Å². The van der Waals surface area contributed by atoms with E-state index in [0.29, 0.717) is 6.04 Å². The highest BCUT2D eigenvalue weighted by molar-refractivity contribution is 7.59. The van der Waals surface area contributed by atoms with Crippen LogP contribution in [0.1, 0.15) is 25.0 Å². The number of nitrogens with zero attached hydrogens (tertiary/aromatic N) is 1. The molecule has 0 aromatic heterocycles. The Kier molecular flexibility index (Phi) is 6.68. The van der Waals surface area contributed by atoms with Crippen molar-refractivity contribution in [3.05, 3.63) is 73.2 Å². The molecule has 0 unspecified atom stereocenters. The molecule has 3 nitrogen and oxygen atoms in total. The van der Waals surface area contributed by atoms with E-state index >= 15 is 0 Å². The SMILES string of the molecule is COc1cc2c(c(OC)c1)C(C)=[N+](c1cccc3ccccc13)[C@@H](C)C2.S.[CH3+]. The molecular formula is C24H29NO2S+2. The van der Waals surface area contributed by atoms with E-state index in [1.54, 1.807) is 14.2 Å². The summed E-state index contributed by atoms with van der Waals surface area (Å²) in [6.07, 6.45) is 0.948. The maximum atomic E-state index is 5.70. The van der Waals surface area contributed by atoms with E-state index in [9.17, 15) is 0 Å². The smallest absolute Gasteiger partial charge is 0.213 e. The summed E-state index contributed by atoms with van der Waals surface area (Å²) in [5.41, 5.74) is 4.92. The van der Waals surface area contributed by atoms with E-state index in [1.165, 1.54) is 33.3 Å². The summed E-state index contributed by atoms with van der Waals surface area (Å²) in [7, 11) is 3.43. The van der Waals surface area contributed by atoms with Crippen LogP contribution in [0, 0.1) is 7.43 Å². The highest BCUT2D eigenvalue weighted by Crippen LogP contribution is 2.36. The topological polar surface area (TPSA) is 21.5 Å². The van der Waals surface area contributed by atoms with Gasteiger partial charge in [0.05, 0.1) is 25.2 Å². The van der Waals surface area contributed by atoms with Gasteiger partial charge in [-0.25, -0.2) is 0 Å². The van der Waals surface area contributed by atoms with Gasteiger partial charge in [-0.2, -0.15) is 18.1 Å². The second-order valence-corrected chi connectivity index (χ2v) is 6.87. The van der Waals surface area contributed by atoms with E-state index in [0.717, 1.165) is 17.9 Å². The van der Waals surface area contributed by atoms with Gasteiger partial charge in [0, 0.05) is 32.9 Å². The molecule has 28 heavy (non-hydrogen) atoms. The lowest BCUT2D eigenvalue weighted by molar-refractivity contribution is -0.480. The first kappa shape index (κ1) is 21.7. The maximum absolute atomic E-state index is 5.70. The van der Waals surface area contributed by atoms with Gasteiger partial charge in [-0.1, -0.05) is 30.3 Å². The summed E-state index contributed by atoms with van der Waals surface area (Å²) in [5, 5.41) is 2.54. The van der Waals surface area contributed by atoms with Crippen molar-refractivity contribution in [1.82, 2.24) is 0 Å². The molecule has 0 aliphatic carbocycles. The zero-order chi connectivity index (χ0) is 18.3. The first-order valence-electron chi connectivity index (χ1n) is 9.00. The molecule has 0 radical (unpaired) electrons. The van der Waals surface area contributed by atoms with Gasteiger partial charge in [0.1, 0.15) is 11.5 Å². The second-order valence-electron chi connectivity index (χ2n) is 6.87. The van der Waals surface area contributed by atoms with Crippen LogP contribution in [-0.2, 0) is 6.42 Å². The molecular weight excluding hydrogens is 366 g/mol. The Morgan fingerprint density at radius 1 is 0.964 bits per heavy atom. The van der Waals surface area contributed by atoms with Crippen molar-refractivity contribution >= 4 is 35.7 Å². The lowest BCUT2D eigenvalue weighted by Gasteiger charge is -2.24. The van der Waals surface area contributed by atoms with Crippen molar-refractivity contribution < 1.29 is 14.0 Å². The monoisotopic (exact) mass is 395 g/mol. The maximum Gasteiger partial charge on any atom is 0.213 e. The zero-order valence-electron chi connectivity index (χ0n) is 17.2. The van der Waals surface area contributed by atoms with Crippen molar-refractivity contribution in [2.24, 2.45) is 0 Å². The molecule has 1 heterocycles. The van der Waals surface area contributed by atoms with Gasteiger partial charge in [-0.05, 0) is 30.0 Å². The number of rotatable bonds is 3. The Labute approximate surface area is 175 Å². The molecule has 0 N–H and O–H groups in total. The standard InChI is InChI=1S/C23H24NO2.CH3.H2S/c1-15-12-18-13-19(25-3)14-22(26-4)23(18)16(2)24(15)21-11-7-9-17-8-5-6-10-20(17)21;;/h5-11,13-15H,12H2,1-4H3;1H3;1H2/q2*+1;/t15-;;/m0../s1. The fourth-order valence-electron chi connectivity index (χ4n) is 4.19. The molecule has 3 aromatic carbocycles. The van der Waals surface area contributed by atoms with Crippen LogP contribution in [0.4, 0.5) is 5.69 Å². The Bertz CT molecular complexity index is 1020. The quantitative estimate of drug-likeness (QED) is 0.430. The number of methoxy groups -OCH3 is 2. The summed E-state index contributed by atoms with van der Waals surface area (Å²) in [6, 6.07) is 19.5. The molecule has 0 fully saturated rings. The van der Waals surface area contributed by atoms with Crippen LogP contribution in [0.25, 0.3) is 10.8 Å². The van der Waals surface area contributed by atoms with Crippen LogP contribution in [0.2, 0.25) is 0 Å². The average molecular weight is 396 g/mol. The Hall–Kier alpha value is -2.59. The van der Waals surface area contributed by atoms with Gasteiger partial charge in [0.15, 0.2) is 11.8 Å². The van der Waals surface area contributed by atoms with Crippen LogP contribution >= 0.6 is 13.5 Å². The zero-order valence-corrected chi connectivity index (χ0v) is 18.2. The third-order valence-electron chi connectivity index (χ3n) is 5.32. The van der Waals surface area contributed by atoms with Gasteiger partial charge in [-0.3, -0.25) is 0 Å². The lowest BCUT2D eigenvalue weighted by Crippen LogP contribution is -2.33. The van der Waals surface area contributed by atoms with Gasteiger partial charge >= 0.3 is 0 Å². The van der Waals surface area contributed by atoms with E-state index in [4.69, 9.17) is 9.47 Å². The summed E-state index contributed by atoms with van der Waals surface area (Å²) in [6.45, 7) is 4.46. The van der Waals surface area contributed by atoms with Crippen LogP contribution in [0.3, 0.4) is 0 Å². The summed E-state index contributed by atoms with van der Waals surface area (Å²) < 4.78 is 13.6. The van der Waals surface area contributed by atoms with Crippen LogP contribution in [-0.4, -0.2) is 30.5 Å². The first-order chi connectivity index (χ1) is 12.6. The van der Waals surface area contributed by atoms with Gasteiger partial charge < -0.3 is 9.47 Å². The van der Waals surface area contributed by atoms with Crippen molar-refractivity contribution in [3.8, 4) is 11.5 Å². The lowest BCUT2D eigenvalue weighted by atomic mass is 9.91. The molecule has 1 aliphatic rings. The third kappa shape index (κ3) is 3.45. The van der Waals surface area contributed by atoms with E-state index in [2.05, 4.69) is 67.0 Å². The van der Waals surface area contributed by atoms with E-state index in [-0.39, 0.29) is 20.9 Å². The third-order valence-corrected chi connectivity index (χ3v) is 5.32. The molecule has 0 spiro atoms. The minimum atomic E-state index is 0. The highest BCUT2D eigenvalue weighted by Gasteiger charge is 2.33. The summed E-state index contributed by atoms with van der Waals surface area (Å²) in [4.78, 5) is 0. The molecule has 1 aliphatic heterocycles. The Morgan fingerprint density at radius 2 is 1.68 bits per heavy atom. The molecule has 0 amide bonds. The van der Waals surface area contributed by atoms with Gasteiger partial charge in [0.25, 0.3) is 0 Å². The highest BCUT2D eigenvalue weighted by atomic mass is 32.1. The second kappa shape index (κ2) is 8.61. The van der Waals surface area contributed by atoms with Crippen molar-refractivity contribution in [1.29, 1.82) is 0 Å². The minimum Gasteiger partial charge on any atom is -0.497 e. The fraction of sp³-hybridized carbons (Fsp3) is 0.250. The van der Waals surface area contributed by atoms with Crippen LogP contribution in [0.5, 0.6) is 11.5 Å². The van der Waals surface area contributed by atoms with E-state index < -0.39 is 0 Å². The number of benzene rings is 3. The molecule has 3 aromatic rings. The number of fused-ring (bicyclic) bond motifs is 2.